The van der Waals surface area contributed by atoms with Crippen LogP contribution in [0.15, 0.2) is 95.5 Å². The summed E-state index contributed by atoms with van der Waals surface area (Å²) >= 11 is -2.49. The van der Waals surface area contributed by atoms with Crippen LogP contribution < -0.4 is 7.58 Å². The van der Waals surface area contributed by atoms with Crippen LogP contribution in [-0.2, 0) is 0 Å². The van der Waals surface area contributed by atoms with Crippen molar-refractivity contribution in [1.82, 2.24) is 9.97 Å². The molecular formula is C30H33AlN2O2. The topological polar surface area (TPSA) is 44.2 Å². The lowest BCUT2D eigenvalue weighted by molar-refractivity contribution is 0.439. The molecule has 2 heterocycles. The van der Waals surface area contributed by atoms with Crippen molar-refractivity contribution in [3.63, 3.8) is 0 Å². The highest BCUT2D eigenvalue weighted by Crippen LogP contribution is 2.29. The Balaban J connectivity index is 0.00000167. The molecule has 2 aromatic carbocycles. The normalized spacial score (nSPS) is 10.9. The molecule has 0 amide bonds. The zero-order chi connectivity index (χ0) is 25.4. The average molecular weight is 481 g/mol. The standard InChI is InChI=1S/2C10H9NO.C8H11.C2H6.Al/c2*1-7-5-6-8-3-2-4-9(12)10(8)11-7;1-4-5-6-7-8(2)3;1-2;/h2*2-6,12H,1H3;4,6-7H,1H2,2-3H3;1-2H3;/q;;;;+2/p-2. The zero-order valence-electron chi connectivity index (χ0n) is 21.5. The number of benzene rings is 2. The molecule has 5 heteroatoms. The van der Waals surface area contributed by atoms with Crippen LogP contribution in [0, 0.1) is 13.8 Å². The van der Waals surface area contributed by atoms with Crippen molar-refractivity contribution in [1.29, 1.82) is 0 Å². The first-order valence-corrected chi connectivity index (χ1v) is 13.5. The minimum absolute atomic E-state index is 0.710. The van der Waals surface area contributed by atoms with Crippen molar-refractivity contribution in [2.45, 2.75) is 41.5 Å². The van der Waals surface area contributed by atoms with Gasteiger partial charge in [-0.25, -0.2) is 9.97 Å². The monoisotopic (exact) mass is 480 g/mol. The molecule has 178 valence electrons. The van der Waals surface area contributed by atoms with Crippen LogP contribution in [0.5, 0.6) is 11.5 Å². The van der Waals surface area contributed by atoms with Gasteiger partial charge in [0.2, 0.25) is 0 Å². The van der Waals surface area contributed by atoms with Crippen LogP contribution in [0.4, 0.5) is 0 Å². The number of aryl methyl sites for hydroxylation is 2. The van der Waals surface area contributed by atoms with Crippen molar-refractivity contribution < 1.29 is 7.58 Å². The third-order valence-corrected chi connectivity index (χ3v) is 7.14. The van der Waals surface area contributed by atoms with Crippen molar-refractivity contribution in [3.05, 3.63) is 107 Å². The Morgan fingerprint density at radius 2 is 1.23 bits per heavy atom. The quantitative estimate of drug-likeness (QED) is 0.199. The van der Waals surface area contributed by atoms with E-state index in [0.717, 1.165) is 37.6 Å². The predicted molar refractivity (Wildman–Crippen MR) is 149 cm³/mol. The maximum atomic E-state index is 6.61. The van der Waals surface area contributed by atoms with Crippen LogP contribution in [0.1, 0.15) is 39.1 Å². The van der Waals surface area contributed by atoms with Gasteiger partial charge in [0.1, 0.15) is 22.5 Å². The zero-order valence-corrected chi connectivity index (χ0v) is 22.7. The van der Waals surface area contributed by atoms with Gasteiger partial charge in [-0.2, -0.15) is 0 Å². The van der Waals surface area contributed by atoms with Gasteiger partial charge in [0, 0.05) is 22.2 Å². The van der Waals surface area contributed by atoms with Gasteiger partial charge in [-0.1, -0.05) is 80.6 Å². The molecule has 0 saturated heterocycles. The van der Waals surface area contributed by atoms with Gasteiger partial charge in [-0.05, 0) is 56.4 Å². The Labute approximate surface area is 213 Å². The minimum Gasteiger partial charge on any atom is -0.607 e. The summed E-state index contributed by atoms with van der Waals surface area (Å²) in [6, 6.07) is 20.1. The fourth-order valence-corrected chi connectivity index (χ4v) is 5.13. The molecule has 35 heavy (non-hydrogen) atoms. The maximum Gasteiger partial charge on any atom is 0.901 e. The predicted octanol–water partition coefficient (Wildman–Crippen LogP) is 7.99. The SMILES string of the molecule is C=C/[C](=C\C=C(C)C)[Al]([O]c1cccc2ccc(C)nc12)[O]c1cccc2ccc(C)nc12.CC. The molecule has 0 bridgehead atoms. The number of aromatic nitrogens is 2. The summed E-state index contributed by atoms with van der Waals surface area (Å²) in [5.74, 6) is 1.42. The molecule has 4 aromatic rings. The number of hydrogen-bond donors (Lipinski definition) is 0. The Morgan fingerprint density at radius 1 is 0.743 bits per heavy atom. The number of para-hydroxylation sites is 2. The molecule has 0 saturated carbocycles. The first-order valence-electron chi connectivity index (χ1n) is 12.0. The van der Waals surface area contributed by atoms with Crippen LogP contribution in [0.25, 0.3) is 21.8 Å². The van der Waals surface area contributed by atoms with Gasteiger partial charge in [0.15, 0.2) is 0 Å². The van der Waals surface area contributed by atoms with Gasteiger partial charge in [0.25, 0.3) is 0 Å². The van der Waals surface area contributed by atoms with E-state index < -0.39 is 14.8 Å². The highest BCUT2D eigenvalue weighted by Gasteiger charge is 2.37. The van der Waals surface area contributed by atoms with E-state index in [1.165, 1.54) is 5.57 Å². The summed E-state index contributed by atoms with van der Waals surface area (Å²) < 4.78 is 14.2. The molecule has 0 spiro atoms. The second kappa shape index (κ2) is 12.4. The Hall–Kier alpha value is -3.39. The third-order valence-electron chi connectivity index (χ3n) is 5.23. The number of allylic oxidation sites excluding steroid dienone is 5. The number of pyridine rings is 2. The van der Waals surface area contributed by atoms with Gasteiger partial charge in [0.05, 0.1) is 0 Å². The molecule has 0 atom stereocenters. The molecule has 0 radical (unpaired) electrons. The first kappa shape index (κ1) is 26.2. The lowest BCUT2D eigenvalue weighted by Crippen LogP contribution is -2.32. The fourth-order valence-electron chi connectivity index (χ4n) is 3.52. The summed E-state index contributed by atoms with van der Waals surface area (Å²) in [6.45, 7) is 16.1. The summed E-state index contributed by atoms with van der Waals surface area (Å²) in [6.07, 6.45) is 5.91. The summed E-state index contributed by atoms with van der Waals surface area (Å²) in [5, 5.41) is 2.06. The van der Waals surface area contributed by atoms with Crippen molar-refractivity contribution in [3.8, 4) is 11.5 Å². The van der Waals surface area contributed by atoms with E-state index >= 15 is 0 Å². The van der Waals surface area contributed by atoms with Crippen LogP contribution >= 0.6 is 0 Å². The lowest BCUT2D eigenvalue weighted by Gasteiger charge is -2.19. The fraction of sp³-hybridized carbons (Fsp3) is 0.200. The van der Waals surface area contributed by atoms with Crippen LogP contribution in [0.3, 0.4) is 0 Å². The average Bonchev–Trinajstić information content (AvgIpc) is 2.86. The van der Waals surface area contributed by atoms with E-state index in [1.54, 1.807) is 0 Å². The van der Waals surface area contributed by atoms with Crippen molar-refractivity contribution in [2.75, 3.05) is 0 Å². The van der Waals surface area contributed by atoms with E-state index in [2.05, 4.69) is 38.6 Å². The van der Waals surface area contributed by atoms with E-state index in [1.807, 2.05) is 88.4 Å². The lowest BCUT2D eigenvalue weighted by atomic mass is 10.2. The second-order valence-corrected chi connectivity index (χ2v) is 10.0. The maximum absolute atomic E-state index is 6.61. The van der Waals surface area contributed by atoms with Gasteiger partial charge < -0.3 is 7.58 Å². The number of hydrogen-bond acceptors (Lipinski definition) is 4. The Kier molecular flexibility index (Phi) is 9.26. The summed E-state index contributed by atoms with van der Waals surface area (Å²) in [4.78, 5) is 9.46. The third kappa shape index (κ3) is 6.60. The number of fused-ring (bicyclic) bond motifs is 2. The molecule has 2 aromatic heterocycles. The summed E-state index contributed by atoms with van der Waals surface area (Å²) in [5.41, 5.74) is 4.73. The molecule has 4 nitrogen and oxygen atoms in total. The Morgan fingerprint density at radius 3 is 1.66 bits per heavy atom. The number of nitrogens with zero attached hydrogens (tertiary/aromatic N) is 2. The Bertz CT molecular complexity index is 1300. The molecule has 0 unspecified atom stereocenters. The molecule has 4 rings (SSSR count). The van der Waals surface area contributed by atoms with Gasteiger partial charge >= 0.3 is 14.8 Å². The molecule has 0 aliphatic heterocycles. The van der Waals surface area contributed by atoms with Crippen molar-refractivity contribution in [2.24, 2.45) is 0 Å². The van der Waals surface area contributed by atoms with E-state index in [-0.39, 0.29) is 0 Å². The van der Waals surface area contributed by atoms with E-state index in [4.69, 9.17) is 17.5 Å². The first-order chi connectivity index (χ1) is 16.9. The van der Waals surface area contributed by atoms with E-state index in [9.17, 15) is 0 Å². The van der Waals surface area contributed by atoms with Crippen molar-refractivity contribution >= 4 is 36.6 Å². The smallest absolute Gasteiger partial charge is 0.607 e. The number of rotatable bonds is 7. The molecule has 0 fully saturated rings. The van der Waals surface area contributed by atoms with Crippen LogP contribution in [-0.4, -0.2) is 24.8 Å². The summed E-state index contributed by atoms with van der Waals surface area (Å²) in [7, 11) is 0. The van der Waals surface area contributed by atoms with Gasteiger partial charge in [-0.15, -0.1) is 0 Å². The second-order valence-electron chi connectivity index (χ2n) is 8.24. The molecule has 0 aliphatic rings. The van der Waals surface area contributed by atoms with E-state index in [0.29, 0.717) is 11.5 Å². The van der Waals surface area contributed by atoms with Gasteiger partial charge in [-0.3, -0.25) is 0 Å². The molecule has 0 aliphatic carbocycles. The molecular weight excluding hydrogens is 447 g/mol. The largest absolute Gasteiger partial charge is 0.901 e. The highest BCUT2D eigenvalue weighted by molar-refractivity contribution is 6.56. The van der Waals surface area contributed by atoms with Crippen LogP contribution in [0.2, 0.25) is 0 Å². The minimum atomic E-state index is -2.49. The highest BCUT2D eigenvalue weighted by atomic mass is 27.2. The molecule has 0 N–H and O–H groups in total.